The highest BCUT2D eigenvalue weighted by atomic mass is 16.5. The monoisotopic (exact) mass is 268 g/mol. The van der Waals surface area contributed by atoms with Gasteiger partial charge in [0.1, 0.15) is 5.41 Å². The molecule has 19 heavy (non-hydrogen) atoms. The van der Waals surface area contributed by atoms with Crippen LogP contribution in [0.4, 0.5) is 0 Å². The Balaban J connectivity index is 1.86. The van der Waals surface area contributed by atoms with Gasteiger partial charge < -0.3 is 15.2 Å². The van der Waals surface area contributed by atoms with Gasteiger partial charge in [-0.05, 0) is 6.92 Å². The molecule has 1 aromatic heterocycles. The molecule has 2 unspecified atom stereocenters. The van der Waals surface area contributed by atoms with Crippen molar-refractivity contribution in [3.8, 4) is 0 Å². The van der Waals surface area contributed by atoms with Gasteiger partial charge in [-0.3, -0.25) is 14.3 Å². The lowest BCUT2D eigenvalue weighted by atomic mass is 9.85. The first-order valence-corrected chi connectivity index (χ1v) is 5.97. The van der Waals surface area contributed by atoms with Crippen LogP contribution in [-0.2, 0) is 20.9 Å². The summed E-state index contributed by atoms with van der Waals surface area (Å²) in [6.45, 7) is 2.31. The Hall–Kier alpha value is -1.96. The van der Waals surface area contributed by atoms with E-state index in [2.05, 4.69) is 15.6 Å². The zero-order valence-electron chi connectivity index (χ0n) is 10.6. The van der Waals surface area contributed by atoms with Crippen LogP contribution >= 0.6 is 0 Å². The van der Waals surface area contributed by atoms with E-state index in [1.807, 2.05) is 0 Å². The molecule has 0 spiro atoms. The van der Waals surface area contributed by atoms with Crippen LogP contribution in [0.2, 0.25) is 0 Å². The molecule has 1 amide bonds. The minimum atomic E-state index is -1.07. The zero-order valence-corrected chi connectivity index (χ0v) is 10.6. The summed E-state index contributed by atoms with van der Waals surface area (Å²) < 4.78 is 6.70. The van der Waals surface area contributed by atoms with E-state index in [0.717, 1.165) is 0 Å². The summed E-state index contributed by atoms with van der Waals surface area (Å²) in [6.07, 6.45) is 3.41. The maximum atomic E-state index is 11.8. The van der Waals surface area contributed by atoms with E-state index in [1.165, 1.54) is 6.20 Å². The summed E-state index contributed by atoms with van der Waals surface area (Å²) in [4.78, 5) is 23.0. The van der Waals surface area contributed by atoms with Gasteiger partial charge in [-0.2, -0.15) is 0 Å². The summed E-state index contributed by atoms with van der Waals surface area (Å²) in [5.41, 5.74) is -1.07. The molecule has 2 atom stereocenters. The Morgan fingerprint density at radius 1 is 1.63 bits per heavy atom. The van der Waals surface area contributed by atoms with Crippen LogP contribution in [0.5, 0.6) is 0 Å². The van der Waals surface area contributed by atoms with Crippen LogP contribution in [0.15, 0.2) is 12.4 Å². The minimum Gasteiger partial charge on any atom is -0.481 e. The van der Waals surface area contributed by atoms with Gasteiger partial charge in [-0.15, -0.1) is 5.10 Å². The fraction of sp³-hybridized carbons (Fsp3) is 0.636. The summed E-state index contributed by atoms with van der Waals surface area (Å²) in [5, 5.41) is 19.3. The molecule has 0 aromatic carbocycles. The fourth-order valence-electron chi connectivity index (χ4n) is 1.92. The van der Waals surface area contributed by atoms with E-state index < -0.39 is 17.4 Å². The fourth-order valence-corrected chi connectivity index (χ4v) is 1.92. The Morgan fingerprint density at radius 2 is 2.42 bits per heavy atom. The standard InChI is InChI=1S/C11H16N4O4/c1-11(10(17)18)7-19-6-8(11)13-9(16)2-4-15-5-3-12-14-15/h3,5,8H,2,4,6-7H2,1H3,(H,13,16)(H,17,18). The van der Waals surface area contributed by atoms with Gasteiger partial charge in [-0.1, -0.05) is 5.21 Å². The summed E-state index contributed by atoms with van der Waals surface area (Å²) in [7, 11) is 0. The first kappa shape index (κ1) is 13.5. The molecule has 2 N–H and O–H groups in total. The largest absolute Gasteiger partial charge is 0.481 e. The van der Waals surface area contributed by atoms with Crippen molar-refractivity contribution in [3.63, 3.8) is 0 Å². The molecule has 104 valence electrons. The second-order valence-electron chi connectivity index (χ2n) is 4.77. The summed E-state index contributed by atoms with van der Waals surface area (Å²) >= 11 is 0. The SMILES string of the molecule is CC1(C(=O)O)COCC1NC(=O)CCn1ccnn1. The van der Waals surface area contributed by atoms with Crippen LogP contribution in [0, 0.1) is 5.41 Å². The second-order valence-corrected chi connectivity index (χ2v) is 4.77. The maximum Gasteiger partial charge on any atom is 0.313 e. The molecular formula is C11H16N4O4. The van der Waals surface area contributed by atoms with Gasteiger partial charge in [-0.25, -0.2) is 0 Å². The van der Waals surface area contributed by atoms with Gasteiger partial charge in [0.15, 0.2) is 0 Å². The van der Waals surface area contributed by atoms with Gasteiger partial charge in [0.25, 0.3) is 0 Å². The maximum absolute atomic E-state index is 11.8. The van der Waals surface area contributed by atoms with Crippen LogP contribution in [0.1, 0.15) is 13.3 Å². The number of carbonyl (C=O) groups is 2. The number of hydrogen-bond donors (Lipinski definition) is 2. The average Bonchev–Trinajstić information content (AvgIpc) is 2.98. The molecular weight excluding hydrogens is 252 g/mol. The second kappa shape index (κ2) is 5.35. The molecule has 8 heteroatoms. The van der Waals surface area contributed by atoms with E-state index in [-0.39, 0.29) is 25.5 Å². The lowest BCUT2D eigenvalue weighted by Crippen LogP contribution is -2.49. The van der Waals surface area contributed by atoms with Crippen LogP contribution in [-0.4, -0.2) is 51.2 Å². The summed E-state index contributed by atoms with van der Waals surface area (Å²) in [5.74, 6) is -1.19. The topological polar surface area (TPSA) is 106 Å². The number of aliphatic carboxylic acids is 1. The van der Waals surface area contributed by atoms with E-state index in [0.29, 0.717) is 6.54 Å². The average molecular weight is 268 g/mol. The van der Waals surface area contributed by atoms with Crippen molar-refractivity contribution < 1.29 is 19.4 Å². The number of rotatable bonds is 5. The highest BCUT2D eigenvalue weighted by molar-refractivity contribution is 5.80. The van der Waals surface area contributed by atoms with Crippen LogP contribution < -0.4 is 5.32 Å². The highest BCUT2D eigenvalue weighted by Crippen LogP contribution is 2.28. The van der Waals surface area contributed by atoms with Crippen molar-refractivity contribution in [1.82, 2.24) is 20.3 Å². The molecule has 2 rings (SSSR count). The number of nitrogens with zero attached hydrogens (tertiary/aromatic N) is 3. The van der Waals surface area contributed by atoms with Crippen LogP contribution in [0.3, 0.4) is 0 Å². The van der Waals surface area contributed by atoms with Gasteiger partial charge in [0.2, 0.25) is 5.91 Å². The number of nitrogens with one attached hydrogen (secondary N) is 1. The Labute approximate surface area is 109 Å². The third-order valence-corrected chi connectivity index (χ3v) is 3.32. The molecule has 1 aliphatic heterocycles. The lowest BCUT2D eigenvalue weighted by Gasteiger charge is -2.25. The van der Waals surface area contributed by atoms with E-state index in [4.69, 9.17) is 4.74 Å². The predicted molar refractivity (Wildman–Crippen MR) is 63.1 cm³/mol. The van der Waals surface area contributed by atoms with Crippen molar-refractivity contribution in [2.75, 3.05) is 13.2 Å². The first-order valence-electron chi connectivity index (χ1n) is 5.97. The van der Waals surface area contributed by atoms with E-state index >= 15 is 0 Å². The minimum absolute atomic E-state index is 0.107. The number of amides is 1. The van der Waals surface area contributed by atoms with E-state index in [1.54, 1.807) is 17.8 Å². The van der Waals surface area contributed by atoms with Crippen molar-refractivity contribution in [2.45, 2.75) is 25.9 Å². The molecule has 1 saturated heterocycles. The molecule has 0 bridgehead atoms. The van der Waals surface area contributed by atoms with Crippen molar-refractivity contribution in [1.29, 1.82) is 0 Å². The normalized spacial score (nSPS) is 26.3. The van der Waals surface area contributed by atoms with Gasteiger partial charge in [0, 0.05) is 12.6 Å². The number of carbonyl (C=O) groups excluding carboxylic acids is 1. The third kappa shape index (κ3) is 2.90. The molecule has 1 fully saturated rings. The number of aryl methyl sites for hydroxylation is 1. The van der Waals surface area contributed by atoms with Crippen molar-refractivity contribution in [3.05, 3.63) is 12.4 Å². The third-order valence-electron chi connectivity index (χ3n) is 3.32. The molecule has 0 radical (unpaired) electrons. The summed E-state index contributed by atoms with van der Waals surface area (Å²) in [6, 6.07) is -0.506. The Kier molecular flexibility index (Phi) is 3.79. The Morgan fingerprint density at radius 3 is 3.05 bits per heavy atom. The van der Waals surface area contributed by atoms with Crippen molar-refractivity contribution in [2.24, 2.45) is 5.41 Å². The zero-order chi connectivity index (χ0) is 13.9. The molecule has 2 heterocycles. The molecule has 8 nitrogen and oxygen atoms in total. The quantitative estimate of drug-likeness (QED) is 0.729. The number of aromatic nitrogens is 3. The molecule has 0 saturated carbocycles. The number of ether oxygens (including phenoxy) is 1. The van der Waals surface area contributed by atoms with Crippen molar-refractivity contribution >= 4 is 11.9 Å². The number of hydrogen-bond acceptors (Lipinski definition) is 5. The highest BCUT2D eigenvalue weighted by Gasteiger charge is 2.47. The lowest BCUT2D eigenvalue weighted by molar-refractivity contribution is -0.149. The molecule has 1 aliphatic rings. The smallest absolute Gasteiger partial charge is 0.313 e. The molecule has 1 aromatic rings. The van der Waals surface area contributed by atoms with Gasteiger partial charge in [0.05, 0.1) is 32.0 Å². The number of carboxylic acid groups (broad SMARTS) is 1. The first-order chi connectivity index (χ1) is 9.02. The number of carboxylic acids is 1. The predicted octanol–water partition coefficient (Wildman–Crippen LogP) is -0.726. The van der Waals surface area contributed by atoms with Crippen LogP contribution in [0.25, 0.3) is 0 Å². The Bertz CT molecular complexity index is 461. The van der Waals surface area contributed by atoms with E-state index in [9.17, 15) is 14.7 Å². The molecule has 0 aliphatic carbocycles. The van der Waals surface area contributed by atoms with Gasteiger partial charge >= 0.3 is 5.97 Å².